The Morgan fingerprint density at radius 2 is 0.735 bits per heavy atom. The third kappa shape index (κ3) is 27.2. The number of esters is 2. The first kappa shape index (κ1) is 32.9. The van der Waals surface area contributed by atoms with Crippen molar-refractivity contribution in [1.82, 2.24) is 0 Å². The maximum atomic E-state index is 11.8. The maximum absolute atomic E-state index is 11.8. The van der Waals surface area contributed by atoms with E-state index in [2.05, 4.69) is 6.92 Å². The van der Waals surface area contributed by atoms with Gasteiger partial charge in [0.05, 0.1) is 13.2 Å². The number of carbonyl (C=O) groups is 2. The predicted molar refractivity (Wildman–Crippen MR) is 144 cm³/mol. The number of ether oxygens (including phenoxy) is 2. The molecule has 0 amide bonds. The van der Waals surface area contributed by atoms with Crippen LogP contribution in [-0.4, -0.2) is 25.2 Å². The van der Waals surface area contributed by atoms with Crippen LogP contribution in [0.25, 0.3) is 0 Å². The molecule has 0 aromatic rings. The lowest BCUT2D eigenvalue weighted by atomic mass is 10.0. The Balaban J connectivity index is 3.17. The molecule has 0 atom stereocenters. The van der Waals surface area contributed by atoms with Gasteiger partial charge in [-0.25, -0.2) is 0 Å². The normalized spacial score (nSPS) is 11.0. The average molecular weight is 483 g/mol. The maximum Gasteiger partial charge on any atom is 0.305 e. The molecule has 0 N–H and O–H groups in total. The largest absolute Gasteiger partial charge is 0.466 e. The van der Waals surface area contributed by atoms with E-state index >= 15 is 0 Å². The molecule has 202 valence electrons. The van der Waals surface area contributed by atoms with Gasteiger partial charge in [-0.2, -0.15) is 0 Å². The first-order chi connectivity index (χ1) is 16.7. The number of hydrogen-bond donors (Lipinski definition) is 0. The molecule has 0 saturated carbocycles. The summed E-state index contributed by atoms with van der Waals surface area (Å²) in [6.45, 7) is 5.17. The van der Waals surface area contributed by atoms with Crippen LogP contribution in [0.2, 0.25) is 0 Å². The topological polar surface area (TPSA) is 52.6 Å². The van der Waals surface area contributed by atoms with Crippen molar-refractivity contribution in [2.24, 2.45) is 0 Å². The van der Waals surface area contributed by atoms with E-state index in [-0.39, 0.29) is 11.9 Å². The van der Waals surface area contributed by atoms with Crippen molar-refractivity contribution in [1.29, 1.82) is 0 Å². The minimum atomic E-state index is -0.0883. The molecule has 0 unspecified atom stereocenters. The van der Waals surface area contributed by atoms with E-state index in [1.54, 1.807) is 0 Å². The molecule has 0 spiro atoms. The fourth-order valence-corrected chi connectivity index (χ4v) is 4.39. The Bertz CT molecular complexity index is 436. The van der Waals surface area contributed by atoms with Gasteiger partial charge in [0.25, 0.3) is 0 Å². The Kier molecular flexibility index (Phi) is 27.3. The Labute approximate surface area is 212 Å². The first-order valence-corrected chi connectivity index (χ1v) is 15.0. The van der Waals surface area contributed by atoms with E-state index in [0.717, 1.165) is 44.9 Å². The second kappa shape index (κ2) is 28.2. The zero-order chi connectivity index (χ0) is 25.0. The molecule has 0 aliphatic carbocycles. The molecule has 0 saturated heterocycles. The average Bonchev–Trinajstić information content (AvgIpc) is 2.83. The summed E-state index contributed by atoms with van der Waals surface area (Å²) in [5.74, 6) is -0.127. The van der Waals surface area contributed by atoms with E-state index in [1.807, 2.05) is 6.92 Å². The van der Waals surface area contributed by atoms with Crippen LogP contribution < -0.4 is 0 Å². The third-order valence-electron chi connectivity index (χ3n) is 6.58. The van der Waals surface area contributed by atoms with Crippen molar-refractivity contribution >= 4 is 11.9 Å². The van der Waals surface area contributed by atoms with Gasteiger partial charge in [-0.3, -0.25) is 9.59 Å². The summed E-state index contributed by atoms with van der Waals surface area (Å²) >= 11 is 0. The van der Waals surface area contributed by atoms with Crippen LogP contribution in [0.3, 0.4) is 0 Å². The van der Waals surface area contributed by atoms with Gasteiger partial charge in [-0.15, -0.1) is 0 Å². The lowest BCUT2D eigenvalue weighted by molar-refractivity contribution is -0.144. The molecular weight excluding hydrogens is 424 g/mol. The number of rotatable bonds is 27. The van der Waals surface area contributed by atoms with Gasteiger partial charge in [-0.1, -0.05) is 129 Å². The molecule has 0 rings (SSSR count). The van der Waals surface area contributed by atoms with Crippen LogP contribution in [0.4, 0.5) is 0 Å². The number of hydrogen-bond acceptors (Lipinski definition) is 4. The highest BCUT2D eigenvalue weighted by molar-refractivity contribution is 5.69. The second-order valence-corrected chi connectivity index (χ2v) is 9.95. The second-order valence-electron chi connectivity index (χ2n) is 9.95. The lowest BCUT2D eigenvalue weighted by Gasteiger charge is -2.06. The molecule has 0 aliphatic heterocycles. The van der Waals surface area contributed by atoms with Gasteiger partial charge in [0.2, 0.25) is 0 Å². The Morgan fingerprint density at radius 1 is 0.412 bits per heavy atom. The van der Waals surface area contributed by atoms with Crippen molar-refractivity contribution in [3.8, 4) is 0 Å². The monoisotopic (exact) mass is 482 g/mol. The standard InChI is InChI=1S/C30H58O4/c1-3-5-6-7-8-9-10-11-12-13-14-15-16-19-22-25-28-34-30(32)27-24-21-18-17-20-23-26-29(31)33-4-2/h3-28H2,1-2H3. The summed E-state index contributed by atoms with van der Waals surface area (Å²) in [5.41, 5.74) is 0. The van der Waals surface area contributed by atoms with Crippen LogP contribution in [-0.2, 0) is 19.1 Å². The van der Waals surface area contributed by atoms with Gasteiger partial charge in [0.1, 0.15) is 0 Å². The minimum Gasteiger partial charge on any atom is -0.466 e. The molecule has 0 heterocycles. The predicted octanol–water partition coefficient (Wildman–Crippen LogP) is 9.48. The molecular formula is C30H58O4. The molecule has 4 heteroatoms. The molecule has 0 aromatic carbocycles. The number of unbranched alkanes of at least 4 members (excludes halogenated alkanes) is 20. The fraction of sp³-hybridized carbons (Fsp3) is 0.933. The zero-order valence-corrected chi connectivity index (χ0v) is 23.0. The summed E-state index contributed by atoms with van der Waals surface area (Å²) in [6, 6.07) is 0. The smallest absolute Gasteiger partial charge is 0.305 e. The van der Waals surface area contributed by atoms with Crippen LogP contribution in [0.1, 0.15) is 168 Å². The Morgan fingerprint density at radius 3 is 1.12 bits per heavy atom. The van der Waals surface area contributed by atoms with Crippen molar-refractivity contribution in [2.45, 2.75) is 168 Å². The summed E-state index contributed by atoms with van der Waals surface area (Å²) in [7, 11) is 0. The highest BCUT2D eigenvalue weighted by atomic mass is 16.5. The van der Waals surface area contributed by atoms with Crippen LogP contribution in [0.5, 0.6) is 0 Å². The molecule has 0 bridgehead atoms. The van der Waals surface area contributed by atoms with Crippen LogP contribution >= 0.6 is 0 Å². The Hall–Kier alpha value is -1.06. The van der Waals surface area contributed by atoms with Gasteiger partial charge < -0.3 is 9.47 Å². The van der Waals surface area contributed by atoms with E-state index in [4.69, 9.17) is 9.47 Å². The van der Waals surface area contributed by atoms with E-state index in [9.17, 15) is 9.59 Å². The SMILES string of the molecule is CCCCCCCCCCCCCCCCCCOC(=O)CCCCCCCCC(=O)OCC. The molecule has 34 heavy (non-hydrogen) atoms. The highest BCUT2D eigenvalue weighted by Crippen LogP contribution is 2.14. The first-order valence-electron chi connectivity index (χ1n) is 15.0. The summed E-state index contributed by atoms with van der Waals surface area (Å²) in [5, 5.41) is 0. The van der Waals surface area contributed by atoms with Crippen molar-refractivity contribution in [2.75, 3.05) is 13.2 Å². The van der Waals surface area contributed by atoms with Crippen LogP contribution in [0.15, 0.2) is 0 Å². The van der Waals surface area contributed by atoms with Gasteiger partial charge in [-0.05, 0) is 26.2 Å². The molecule has 4 nitrogen and oxygen atoms in total. The van der Waals surface area contributed by atoms with E-state index in [1.165, 1.54) is 96.3 Å². The summed E-state index contributed by atoms with van der Waals surface area (Å²) < 4.78 is 10.3. The van der Waals surface area contributed by atoms with Gasteiger partial charge in [0, 0.05) is 12.8 Å². The third-order valence-corrected chi connectivity index (χ3v) is 6.58. The zero-order valence-electron chi connectivity index (χ0n) is 23.0. The highest BCUT2D eigenvalue weighted by Gasteiger charge is 2.04. The molecule has 0 aromatic heterocycles. The van der Waals surface area contributed by atoms with E-state index in [0.29, 0.717) is 26.1 Å². The van der Waals surface area contributed by atoms with E-state index < -0.39 is 0 Å². The quantitative estimate of drug-likeness (QED) is 0.0864. The van der Waals surface area contributed by atoms with Crippen molar-refractivity contribution in [3.63, 3.8) is 0 Å². The fourth-order valence-electron chi connectivity index (χ4n) is 4.39. The van der Waals surface area contributed by atoms with Gasteiger partial charge >= 0.3 is 11.9 Å². The van der Waals surface area contributed by atoms with Crippen molar-refractivity contribution < 1.29 is 19.1 Å². The summed E-state index contributed by atoms with van der Waals surface area (Å²) in [6.07, 6.45) is 29.0. The van der Waals surface area contributed by atoms with Crippen LogP contribution in [0, 0.1) is 0 Å². The van der Waals surface area contributed by atoms with Gasteiger partial charge in [0.15, 0.2) is 0 Å². The number of carbonyl (C=O) groups excluding carboxylic acids is 2. The molecule has 0 radical (unpaired) electrons. The van der Waals surface area contributed by atoms with Crippen molar-refractivity contribution in [3.05, 3.63) is 0 Å². The molecule has 0 aliphatic rings. The minimum absolute atomic E-state index is 0.0386. The molecule has 0 fully saturated rings. The lowest BCUT2D eigenvalue weighted by Crippen LogP contribution is -2.05. The summed E-state index contributed by atoms with van der Waals surface area (Å²) in [4.78, 5) is 23.0.